The number of aliphatic hydroxyl groups excluding tert-OH is 1. The molecule has 1 aromatic heterocycles. The molecule has 2 aliphatic rings. The molecule has 0 radical (unpaired) electrons. The first-order valence-electron chi connectivity index (χ1n) is 11.3. The molecular formula is C23H33N5O4. The van der Waals surface area contributed by atoms with Crippen LogP contribution in [0.2, 0.25) is 0 Å². The lowest BCUT2D eigenvalue weighted by Gasteiger charge is -2.36. The molecule has 9 heteroatoms. The van der Waals surface area contributed by atoms with Crippen LogP contribution in [0.15, 0.2) is 41.0 Å². The van der Waals surface area contributed by atoms with Gasteiger partial charge in [-0.2, -0.15) is 0 Å². The van der Waals surface area contributed by atoms with Crippen molar-refractivity contribution in [1.82, 2.24) is 25.0 Å². The number of ether oxygens (including phenoxy) is 1. The number of aromatic nitrogens is 1. The summed E-state index contributed by atoms with van der Waals surface area (Å²) < 4.78 is 10.9. The number of carbonyl (C=O) groups excluding carboxylic acids is 1. The maximum absolute atomic E-state index is 12.3. The molecule has 174 valence electrons. The molecule has 1 unspecified atom stereocenters. The van der Waals surface area contributed by atoms with Crippen LogP contribution in [0.5, 0.6) is 0 Å². The first kappa shape index (κ1) is 22.9. The van der Waals surface area contributed by atoms with Gasteiger partial charge in [-0.3, -0.25) is 19.5 Å². The normalized spacial score (nSPS) is 19.7. The third-order valence-electron chi connectivity index (χ3n) is 5.95. The minimum absolute atomic E-state index is 0.233. The summed E-state index contributed by atoms with van der Waals surface area (Å²) in [7, 11) is 0. The van der Waals surface area contributed by atoms with E-state index in [1.54, 1.807) is 0 Å². The van der Waals surface area contributed by atoms with Crippen molar-refractivity contribution in [2.24, 2.45) is 0 Å². The summed E-state index contributed by atoms with van der Waals surface area (Å²) in [5.74, 6) is 0.318. The third-order valence-corrected chi connectivity index (χ3v) is 5.95. The Morgan fingerprint density at radius 3 is 2.38 bits per heavy atom. The number of rotatable bonds is 9. The van der Waals surface area contributed by atoms with Crippen molar-refractivity contribution < 1.29 is 19.1 Å². The Morgan fingerprint density at radius 2 is 1.66 bits per heavy atom. The number of β-amino-alcohol motifs (C(OH)–C–C–N with tert-alkyl or cyclic N) is 1. The number of aliphatic hydroxyl groups is 1. The van der Waals surface area contributed by atoms with Crippen molar-refractivity contribution in [2.45, 2.75) is 19.2 Å². The molecule has 4 rings (SSSR count). The van der Waals surface area contributed by atoms with Gasteiger partial charge in [0.05, 0.1) is 25.9 Å². The van der Waals surface area contributed by atoms with E-state index < -0.39 is 0 Å². The smallest absolute Gasteiger partial charge is 0.273 e. The summed E-state index contributed by atoms with van der Waals surface area (Å²) in [6, 6.07) is 9.77. The molecule has 0 bridgehead atoms. The lowest BCUT2D eigenvalue weighted by atomic mass is 10.2. The maximum Gasteiger partial charge on any atom is 0.273 e. The van der Waals surface area contributed by atoms with Gasteiger partial charge in [0, 0.05) is 58.9 Å². The lowest BCUT2D eigenvalue weighted by Crippen LogP contribution is -2.50. The molecule has 1 amide bonds. The molecule has 0 spiro atoms. The lowest BCUT2D eigenvalue weighted by molar-refractivity contribution is 0.00187. The predicted octanol–water partition coefficient (Wildman–Crippen LogP) is 0.415. The van der Waals surface area contributed by atoms with E-state index in [0.717, 1.165) is 58.0 Å². The van der Waals surface area contributed by atoms with E-state index in [1.807, 2.05) is 30.3 Å². The molecule has 0 saturated carbocycles. The summed E-state index contributed by atoms with van der Waals surface area (Å²) in [5.41, 5.74) is 1.35. The number of benzene rings is 1. The number of hydrogen-bond acceptors (Lipinski definition) is 8. The van der Waals surface area contributed by atoms with Gasteiger partial charge in [0.1, 0.15) is 6.26 Å². The maximum atomic E-state index is 12.3. The minimum Gasteiger partial charge on any atom is -0.447 e. The number of nitrogens with zero attached hydrogens (tertiary/aromatic N) is 4. The molecule has 1 atom stereocenters. The van der Waals surface area contributed by atoms with Gasteiger partial charge in [0.15, 0.2) is 5.69 Å². The predicted molar refractivity (Wildman–Crippen MR) is 119 cm³/mol. The molecule has 3 heterocycles. The largest absolute Gasteiger partial charge is 0.447 e. The molecule has 2 aromatic rings. The SMILES string of the molecule is O=C(NCc1ccccc1)c1coc(CN2CCN(CC(O)CN3CCOCC3)CC2)n1. The van der Waals surface area contributed by atoms with Crippen molar-refractivity contribution >= 4 is 5.91 Å². The van der Waals surface area contributed by atoms with E-state index in [-0.39, 0.29) is 12.0 Å². The number of amides is 1. The van der Waals surface area contributed by atoms with E-state index in [4.69, 9.17) is 9.15 Å². The third kappa shape index (κ3) is 6.85. The van der Waals surface area contributed by atoms with Crippen LogP contribution >= 0.6 is 0 Å². The average molecular weight is 444 g/mol. The first-order valence-corrected chi connectivity index (χ1v) is 11.3. The van der Waals surface area contributed by atoms with Crippen LogP contribution in [0.25, 0.3) is 0 Å². The summed E-state index contributed by atoms with van der Waals surface area (Å²) >= 11 is 0. The molecule has 1 aromatic carbocycles. The van der Waals surface area contributed by atoms with Crippen molar-refractivity contribution in [3.63, 3.8) is 0 Å². The zero-order valence-electron chi connectivity index (χ0n) is 18.5. The second kappa shape index (κ2) is 11.5. The highest BCUT2D eigenvalue weighted by molar-refractivity contribution is 5.91. The molecule has 32 heavy (non-hydrogen) atoms. The van der Waals surface area contributed by atoms with Crippen LogP contribution in [0.4, 0.5) is 0 Å². The highest BCUT2D eigenvalue weighted by Gasteiger charge is 2.23. The zero-order valence-corrected chi connectivity index (χ0v) is 18.5. The van der Waals surface area contributed by atoms with Crippen LogP contribution in [0, 0.1) is 0 Å². The number of nitrogens with one attached hydrogen (secondary N) is 1. The Morgan fingerprint density at radius 1 is 1.00 bits per heavy atom. The molecule has 0 aliphatic carbocycles. The fraction of sp³-hybridized carbons (Fsp3) is 0.565. The summed E-state index contributed by atoms with van der Waals surface area (Å²) in [6.07, 6.45) is 1.08. The summed E-state index contributed by atoms with van der Waals surface area (Å²) in [6.45, 7) is 9.27. The minimum atomic E-state index is -0.344. The van der Waals surface area contributed by atoms with Crippen LogP contribution in [-0.2, 0) is 17.8 Å². The molecule has 2 N–H and O–H groups in total. The quantitative estimate of drug-likeness (QED) is 0.576. The number of carbonyl (C=O) groups is 1. The number of piperazine rings is 1. The fourth-order valence-electron chi connectivity index (χ4n) is 4.12. The fourth-order valence-corrected chi connectivity index (χ4v) is 4.12. The van der Waals surface area contributed by atoms with Gasteiger partial charge in [0.25, 0.3) is 5.91 Å². The summed E-state index contributed by atoms with van der Waals surface area (Å²) in [5, 5.41) is 13.3. The highest BCUT2D eigenvalue weighted by Crippen LogP contribution is 2.10. The van der Waals surface area contributed by atoms with Gasteiger partial charge in [-0.25, -0.2) is 4.98 Å². The molecule has 2 fully saturated rings. The van der Waals surface area contributed by atoms with Crippen LogP contribution in [0.1, 0.15) is 21.9 Å². The monoisotopic (exact) mass is 443 g/mol. The number of hydrogen-bond donors (Lipinski definition) is 2. The van der Waals surface area contributed by atoms with Crippen molar-refractivity contribution in [3.8, 4) is 0 Å². The molecule has 2 aliphatic heterocycles. The second-order valence-electron chi connectivity index (χ2n) is 8.44. The highest BCUT2D eigenvalue weighted by atomic mass is 16.5. The Balaban J connectivity index is 1.16. The van der Waals surface area contributed by atoms with E-state index in [9.17, 15) is 9.90 Å². The Bertz CT molecular complexity index is 832. The van der Waals surface area contributed by atoms with E-state index >= 15 is 0 Å². The average Bonchev–Trinajstić information content (AvgIpc) is 3.29. The van der Waals surface area contributed by atoms with E-state index in [2.05, 4.69) is 25.0 Å². The van der Waals surface area contributed by atoms with E-state index in [0.29, 0.717) is 37.8 Å². The van der Waals surface area contributed by atoms with Crippen LogP contribution in [0.3, 0.4) is 0 Å². The summed E-state index contributed by atoms with van der Waals surface area (Å²) in [4.78, 5) is 23.5. The van der Waals surface area contributed by atoms with Crippen LogP contribution < -0.4 is 5.32 Å². The Hall–Kier alpha value is -2.30. The standard InChI is InChI=1S/C23H33N5O4/c29-20(16-28-10-12-31-13-11-28)15-26-6-8-27(9-7-26)17-22-25-21(18-32-22)23(30)24-14-19-4-2-1-3-5-19/h1-5,18,20,29H,6-17H2,(H,24,30). The molecule has 9 nitrogen and oxygen atoms in total. The van der Waals surface area contributed by atoms with Gasteiger partial charge in [0.2, 0.25) is 5.89 Å². The topological polar surface area (TPSA) is 94.3 Å². The van der Waals surface area contributed by atoms with E-state index in [1.165, 1.54) is 6.26 Å². The first-order chi connectivity index (χ1) is 15.7. The van der Waals surface area contributed by atoms with Gasteiger partial charge >= 0.3 is 0 Å². The van der Waals surface area contributed by atoms with Gasteiger partial charge in [-0.1, -0.05) is 30.3 Å². The number of morpholine rings is 1. The molecule has 2 saturated heterocycles. The zero-order chi connectivity index (χ0) is 22.2. The van der Waals surface area contributed by atoms with Crippen molar-refractivity contribution in [3.05, 3.63) is 53.7 Å². The van der Waals surface area contributed by atoms with Crippen molar-refractivity contribution in [2.75, 3.05) is 65.6 Å². The Labute approximate surface area is 188 Å². The molecular weight excluding hydrogens is 410 g/mol. The van der Waals surface area contributed by atoms with Crippen molar-refractivity contribution in [1.29, 1.82) is 0 Å². The van der Waals surface area contributed by atoms with Crippen LogP contribution in [-0.4, -0.2) is 102 Å². The second-order valence-corrected chi connectivity index (χ2v) is 8.44. The van der Waals surface area contributed by atoms with Gasteiger partial charge in [-0.15, -0.1) is 0 Å². The Kier molecular flexibility index (Phi) is 8.24. The van der Waals surface area contributed by atoms with Gasteiger partial charge in [-0.05, 0) is 5.56 Å². The number of oxazole rings is 1. The van der Waals surface area contributed by atoms with Gasteiger partial charge < -0.3 is 19.6 Å².